The maximum atomic E-state index is 12.4. The minimum Gasteiger partial charge on any atom is -0.322 e. The zero-order valence-corrected chi connectivity index (χ0v) is 13.7. The van der Waals surface area contributed by atoms with Crippen LogP contribution < -0.4 is 10.9 Å². The van der Waals surface area contributed by atoms with Crippen molar-refractivity contribution in [3.63, 3.8) is 0 Å². The van der Waals surface area contributed by atoms with Gasteiger partial charge >= 0.3 is 0 Å². The van der Waals surface area contributed by atoms with Gasteiger partial charge in [-0.3, -0.25) is 14.0 Å². The first-order chi connectivity index (χ1) is 12.2. The maximum absolute atomic E-state index is 12.4. The SMILES string of the molecule is O=C(Nc1ccc(Cn2cncn2)cc1)c1cnc2sccn2c1=O. The van der Waals surface area contributed by atoms with Crippen molar-refractivity contribution in [2.45, 2.75) is 6.54 Å². The van der Waals surface area contributed by atoms with Crippen LogP contribution in [-0.4, -0.2) is 30.1 Å². The van der Waals surface area contributed by atoms with Crippen molar-refractivity contribution in [3.05, 3.63) is 76.2 Å². The predicted molar refractivity (Wildman–Crippen MR) is 92.9 cm³/mol. The van der Waals surface area contributed by atoms with E-state index < -0.39 is 5.91 Å². The lowest BCUT2D eigenvalue weighted by molar-refractivity contribution is 0.102. The van der Waals surface area contributed by atoms with Crippen LogP contribution in [0.15, 0.2) is 59.5 Å². The van der Waals surface area contributed by atoms with Crippen molar-refractivity contribution >= 4 is 27.9 Å². The van der Waals surface area contributed by atoms with E-state index >= 15 is 0 Å². The second-order valence-electron chi connectivity index (χ2n) is 5.28. The molecule has 1 amide bonds. The Morgan fingerprint density at radius 2 is 2.08 bits per heavy atom. The number of fused-ring (bicyclic) bond motifs is 1. The van der Waals surface area contributed by atoms with E-state index in [0.717, 1.165) is 5.56 Å². The van der Waals surface area contributed by atoms with E-state index in [1.807, 2.05) is 12.1 Å². The highest BCUT2D eigenvalue weighted by Gasteiger charge is 2.14. The maximum Gasteiger partial charge on any atom is 0.271 e. The predicted octanol–water partition coefficient (Wildman–Crippen LogP) is 1.65. The fourth-order valence-corrected chi connectivity index (χ4v) is 3.05. The molecule has 0 saturated heterocycles. The first kappa shape index (κ1) is 15.2. The van der Waals surface area contributed by atoms with Gasteiger partial charge in [0.05, 0.1) is 6.54 Å². The topological polar surface area (TPSA) is 94.2 Å². The molecular formula is C16H12N6O2S. The molecular weight excluding hydrogens is 340 g/mol. The summed E-state index contributed by atoms with van der Waals surface area (Å²) in [6.07, 6.45) is 6.02. The molecule has 0 fully saturated rings. The second-order valence-corrected chi connectivity index (χ2v) is 6.15. The molecule has 25 heavy (non-hydrogen) atoms. The lowest BCUT2D eigenvalue weighted by Crippen LogP contribution is -2.25. The van der Waals surface area contributed by atoms with E-state index in [4.69, 9.17) is 0 Å². The van der Waals surface area contributed by atoms with Gasteiger partial charge in [0.2, 0.25) is 0 Å². The van der Waals surface area contributed by atoms with Gasteiger partial charge in [0, 0.05) is 23.5 Å². The summed E-state index contributed by atoms with van der Waals surface area (Å²) in [6.45, 7) is 0.592. The molecule has 9 heteroatoms. The molecule has 1 N–H and O–H groups in total. The Balaban J connectivity index is 1.52. The molecule has 3 aromatic heterocycles. The first-order valence-corrected chi connectivity index (χ1v) is 8.26. The number of rotatable bonds is 4. The molecule has 124 valence electrons. The van der Waals surface area contributed by atoms with Gasteiger partial charge in [0.15, 0.2) is 4.96 Å². The van der Waals surface area contributed by atoms with Crippen molar-refractivity contribution in [2.75, 3.05) is 5.32 Å². The summed E-state index contributed by atoms with van der Waals surface area (Å²) in [5.74, 6) is -0.484. The van der Waals surface area contributed by atoms with Crippen LogP contribution in [0.1, 0.15) is 15.9 Å². The fraction of sp³-hybridized carbons (Fsp3) is 0.0625. The Hall–Kier alpha value is -3.33. The molecule has 4 rings (SSSR count). The fourth-order valence-electron chi connectivity index (χ4n) is 2.37. The van der Waals surface area contributed by atoms with E-state index in [0.29, 0.717) is 17.2 Å². The Kier molecular flexibility index (Phi) is 3.82. The highest BCUT2D eigenvalue weighted by molar-refractivity contribution is 7.15. The van der Waals surface area contributed by atoms with Gasteiger partial charge in [0.1, 0.15) is 18.2 Å². The Morgan fingerprint density at radius 1 is 1.24 bits per heavy atom. The van der Waals surface area contributed by atoms with Gasteiger partial charge in [-0.15, -0.1) is 11.3 Å². The molecule has 0 atom stereocenters. The quantitative estimate of drug-likeness (QED) is 0.603. The second kappa shape index (κ2) is 6.29. The number of hydrogen-bond acceptors (Lipinski definition) is 6. The number of carbonyl (C=O) groups excluding carboxylic acids is 1. The van der Waals surface area contributed by atoms with Crippen LogP contribution >= 0.6 is 11.3 Å². The van der Waals surface area contributed by atoms with E-state index in [-0.39, 0.29) is 11.1 Å². The standard InChI is InChI=1S/C16H12N6O2S/c23-14(13-7-18-16-22(15(13)24)5-6-25-16)20-12-3-1-11(2-4-12)8-21-10-17-9-19-21/h1-7,9-10H,8H2,(H,20,23). The van der Waals surface area contributed by atoms with Crippen LogP contribution in [0, 0.1) is 0 Å². The van der Waals surface area contributed by atoms with Crippen molar-refractivity contribution < 1.29 is 4.79 Å². The molecule has 0 bridgehead atoms. The number of thiazole rings is 1. The minimum absolute atomic E-state index is 0.00240. The molecule has 3 heterocycles. The number of carbonyl (C=O) groups is 1. The summed E-state index contributed by atoms with van der Waals surface area (Å²) in [5.41, 5.74) is 1.24. The third-order valence-corrected chi connectivity index (χ3v) is 4.38. The number of nitrogens with one attached hydrogen (secondary N) is 1. The monoisotopic (exact) mass is 352 g/mol. The number of benzene rings is 1. The van der Waals surface area contributed by atoms with Gasteiger partial charge in [-0.25, -0.2) is 14.6 Å². The average Bonchev–Trinajstić information content (AvgIpc) is 3.28. The van der Waals surface area contributed by atoms with Crippen molar-refractivity contribution in [2.24, 2.45) is 0 Å². The molecule has 0 radical (unpaired) electrons. The largest absolute Gasteiger partial charge is 0.322 e. The summed E-state index contributed by atoms with van der Waals surface area (Å²) >= 11 is 1.34. The third-order valence-electron chi connectivity index (χ3n) is 3.61. The smallest absolute Gasteiger partial charge is 0.271 e. The number of anilines is 1. The highest BCUT2D eigenvalue weighted by atomic mass is 32.1. The summed E-state index contributed by atoms with van der Waals surface area (Å²) in [4.78, 5) is 33.2. The summed E-state index contributed by atoms with van der Waals surface area (Å²) < 4.78 is 3.07. The lowest BCUT2D eigenvalue weighted by atomic mass is 10.2. The summed E-state index contributed by atoms with van der Waals surface area (Å²) in [7, 11) is 0. The Bertz CT molecular complexity index is 1080. The molecule has 8 nitrogen and oxygen atoms in total. The number of nitrogens with zero attached hydrogens (tertiary/aromatic N) is 5. The Morgan fingerprint density at radius 3 is 2.84 bits per heavy atom. The van der Waals surface area contributed by atoms with Crippen LogP contribution in [0.3, 0.4) is 0 Å². The lowest BCUT2D eigenvalue weighted by Gasteiger charge is -2.06. The van der Waals surface area contributed by atoms with E-state index in [1.165, 1.54) is 28.3 Å². The number of hydrogen-bond donors (Lipinski definition) is 1. The van der Waals surface area contributed by atoms with Crippen molar-refractivity contribution in [3.8, 4) is 0 Å². The molecule has 0 aliphatic rings. The molecule has 0 unspecified atom stereocenters. The molecule has 0 aliphatic heterocycles. The normalized spacial score (nSPS) is 10.9. The van der Waals surface area contributed by atoms with Crippen LogP contribution in [0.5, 0.6) is 0 Å². The van der Waals surface area contributed by atoms with Gasteiger partial charge in [-0.2, -0.15) is 5.10 Å². The summed E-state index contributed by atoms with van der Waals surface area (Å²) in [5, 5.41) is 8.51. The van der Waals surface area contributed by atoms with Gasteiger partial charge in [-0.05, 0) is 17.7 Å². The molecule has 1 aromatic carbocycles. The van der Waals surface area contributed by atoms with Gasteiger partial charge < -0.3 is 5.32 Å². The zero-order chi connectivity index (χ0) is 17.2. The molecule has 0 aliphatic carbocycles. The number of aromatic nitrogens is 5. The average molecular weight is 352 g/mol. The van der Waals surface area contributed by atoms with Gasteiger partial charge in [-0.1, -0.05) is 12.1 Å². The van der Waals surface area contributed by atoms with Crippen LogP contribution in [0.4, 0.5) is 5.69 Å². The minimum atomic E-state index is -0.484. The first-order valence-electron chi connectivity index (χ1n) is 7.38. The zero-order valence-electron chi connectivity index (χ0n) is 12.9. The van der Waals surface area contributed by atoms with E-state index in [9.17, 15) is 9.59 Å². The van der Waals surface area contributed by atoms with Gasteiger partial charge in [0.25, 0.3) is 11.5 Å². The number of amides is 1. The van der Waals surface area contributed by atoms with Crippen molar-refractivity contribution in [1.29, 1.82) is 0 Å². The van der Waals surface area contributed by atoms with Crippen LogP contribution in [0.2, 0.25) is 0 Å². The molecule has 4 aromatic rings. The highest BCUT2D eigenvalue weighted by Crippen LogP contribution is 2.12. The molecule has 0 spiro atoms. The summed E-state index contributed by atoms with van der Waals surface area (Å²) in [6, 6.07) is 7.31. The third kappa shape index (κ3) is 3.04. The van der Waals surface area contributed by atoms with Crippen LogP contribution in [-0.2, 0) is 6.54 Å². The van der Waals surface area contributed by atoms with Crippen LogP contribution in [0.25, 0.3) is 4.96 Å². The Labute approximate surface area is 145 Å². The van der Waals surface area contributed by atoms with Crippen molar-refractivity contribution in [1.82, 2.24) is 24.1 Å². The van der Waals surface area contributed by atoms with E-state index in [2.05, 4.69) is 20.4 Å². The van der Waals surface area contributed by atoms with E-state index in [1.54, 1.807) is 34.7 Å². The molecule has 0 saturated carbocycles.